The lowest BCUT2D eigenvalue weighted by atomic mass is 10.1. The zero-order valence-electron chi connectivity index (χ0n) is 8.59. The predicted molar refractivity (Wildman–Crippen MR) is 52.2 cm³/mol. The number of phenolic OH excluding ortho intramolecular Hbond substituents is 1. The molecule has 2 N–H and O–H groups in total. The molecule has 88 valence electrons. The monoisotopic (exact) mass is 231 g/mol. The first kappa shape index (κ1) is 12.4. The van der Waals surface area contributed by atoms with Crippen LogP contribution in [0.1, 0.15) is 10.4 Å². The standard InChI is InChI=1S/C10H11F2NO3/c1-16-3-2-13-10(15)9-7(12)4-6(11)5-8(9)14/h4-5,14H,2-3H2,1H3,(H,13,15). The van der Waals surface area contributed by atoms with Gasteiger partial charge in [0.05, 0.1) is 6.61 Å². The van der Waals surface area contributed by atoms with Crippen LogP contribution in [0.3, 0.4) is 0 Å². The number of rotatable bonds is 4. The van der Waals surface area contributed by atoms with Gasteiger partial charge in [0.25, 0.3) is 5.91 Å². The van der Waals surface area contributed by atoms with Crippen LogP contribution < -0.4 is 5.32 Å². The fraction of sp³-hybridized carbons (Fsp3) is 0.300. The number of ether oxygens (including phenoxy) is 1. The number of amides is 1. The summed E-state index contributed by atoms with van der Waals surface area (Å²) < 4.78 is 30.5. The Bertz CT molecular complexity index is 373. The van der Waals surface area contributed by atoms with Crippen LogP contribution in [0.25, 0.3) is 0 Å². The van der Waals surface area contributed by atoms with Crippen LogP contribution in [0, 0.1) is 11.6 Å². The first-order valence-electron chi connectivity index (χ1n) is 4.51. The van der Waals surface area contributed by atoms with Gasteiger partial charge in [0.2, 0.25) is 0 Å². The highest BCUT2D eigenvalue weighted by Crippen LogP contribution is 2.21. The second-order valence-electron chi connectivity index (χ2n) is 3.03. The van der Waals surface area contributed by atoms with Gasteiger partial charge in [-0.15, -0.1) is 0 Å². The second-order valence-corrected chi connectivity index (χ2v) is 3.03. The normalized spacial score (nSPS) is 10.2. The van der Waals surface area contributed by atoms with Crippen molar-refractivity contribution in [3.63, 3.8) is 0 Å². The summed E-state index contributed by atoms with van der Waals surface area (Å²) in [4.78, 5) is 11.4. The van der Waals surface area contributed by atoms with E-state index in [9.17, 15) is 18.7 Å². The van der Waals surface area contributed by atoms with Crippen LogP contribution in [0.4, 0.5) is 8.78 Å². The molecular formula is C10H11F2NO3. The molecule has 0 bridgehead atoms. The van der Waals surface area contributed by atoms with Crippen molar-refractivity contribution in [2.24, 2.45) is 0 Å². The number of phenols is 1. The summed E-state index contributed by atoms with van der Waals surface area (Å²) in [5.74, 6) is -3.59. The summed E-state index contributed by atoms with van der Waals surface area (Å²) in [6.45, 7) is 0.431. The van der Waals surface area contributed by atoms with Crippen LogP contribution in [-0.4, -0.2) is 31.3 Å². The first-order chi connectivity index (χ1) is 7.56. The van der Waals surface area contributed by atoms with E-state index in [2.05, 4.69) is 10.1 Å². The van der Waals surface area contributed by atoms with Crippen molar-refractivity contribution in [1.29, 1.82) is 0 Å². The van der Waals surface area contributed by atoms with Crippen molar-refractivity contribution in [3.8, 4) is 5.75 Å². The van der Waals surface area contributed by atoms with E-state index in [-0.39, 0.29) is 13.2 Å². The molecule has 0 aliphatic heterocycles. The maximum absolute atomic E-state index is 13.2. The smallest absolute Gasteiger partial charge is 0.258 e. The van der Waals surface area contributed by atoms with Crippen molar-refractivity contribution in [2.45, 2.75) is 0 Å². The van der Waals surface area contributed by atoms with Gasteiger partial charge >= 0.3 is 0 Å². The summed E-state index contributed by atoms with van der Waals surface area (Å²) in [5.41, 5.74) is -0.572. The number of carbonyl (C=O) groups is 1. The largest absolute Gasteiger partial charge is 0.507 e. The molecule has 6 heteroatoms. The summed E-state index contributed by atoms with van der Waals surface area (Å²) >= 11 is 0. The van der Waals surface area contributed by atoms with E-state index in [1.807, 2.05) is 0 Å². The van der Waals surface area contributed by atoms with Gasteiger partial charge in [-0.1, -0.05) is 0 Å². The minimum Gasteiger partial charge on any atom is -0.507 e. The van der Waals surface area contributed by atoms with Crippen molar-refractivity contribution in [3.05, 3.63) is 29.3 Å². The van der Waals surface area contributed by atoms with E-state index in [1.165, 1.54) is 7.11 Å². The highest BCUT2D eigenvalue weighted by molar-refractivity contribution is 5.97. The molecule has 0 saturated carbocycles. The Balaban J connectivity index is 2.83. The molecular weight excluding hydrogens is 220 g/mol. The molecule has 0 saturated heterocycles. The summed E-state index contributed by atoms with van der Waals surface area (Å²) in [6.07, 6.45) is 0. The zero-order valence-corrected chi connectivity index (χ0v) is 8.59. The number of hydrogen-bond acceptors (Lipinski definition) is 3. The Labute approximate surface area is 90.8 Å². The van der Waals surface area contributed by atoms with E-state index in [0.29, 0.717) is 12.1 Å². The summed E-state index contributed by atoms with van der Waals surface area (Å²) in [6, 6.07) is 1.21. The number of methoxy groups -OCH3 is 1. The van der Waals surface area contributed by atoms with Crippen LogP contribution in [0.5, 0.6) is 5.75 Å². The first-order valence-corrected chi connectivity index (χ1v) is 4.51. The number of hydrogen-bond donors (Lipinski definition) is 2. The van der Waals surface area contributed by atoms with Crippen LogP contribution in [-0.2, 0) is 4.74 Å². The second kappa shape index (κ2) is 5.41. The molecule has 0 spiro atoms. The molecule has 0 unspecified atom stereocenters. The minimum absolute atomic E-state index is 0.172. The van der Waals surface area contributed by atoms with E-state index in [0.717, 1.165) is 0 Å². The Kier molecular flexibility index (Phi) is 4.19. The Morgan fingerprint density at radius 1 is 1.50 bits per heavy atom. The molecule has 1 aromatic carbocycles. The van der Waals surface area contributed by atoms with E-state index < -0.39 is 28.9 Å². The average molecular weight is 231 g/mol. The topological polar surface area (TPSA) is 58.6 Å². The van der Waals surface area contributed by atoms with Crippen molar-refractivity contribution in [2.75, 3.05) is 20.3 Å². The van der Waals surface area contributed by atoms with Crippen molar-refractivity contribution in [1.82, 2.24) is 5.32 Å². The molecule has 1 aromatic rings. The Morgan fingerprint density at radius 3 is 2.75 bits per heavy atom. The maximum atomic E-state index is 13.2. The van der Waals surface area contributed by atoms with Gasteiger partial charge in [0.1, 0.15) is 22.9 Å². The van der Waals surface area contributed by atoms with E-state index in [1.54, 1.807) is 0 Å². The maximum Gasteiger partial charge on any atom is 0.258 e. The molecule has 1 amide bonds. The van der Waals surface area contributed by atoms with Gasteiger partial charge in [-0.25, -0.2) is 8.78 Å². The van der Waals surface area contributed by atoms with Gasteiger partial charge in [-0.05, 0) is 0 Å². The number of carbonyl (C=O) groups excluding carboxylic acids is 1. The summed E-state index contributed by atoms with van der Waals surface area (Å²) in [5, 5.41) is 11.5. The lowest BCUT2D eigenvalue weighted by Crippen LogP contribution is -2.27. The molecule has 0 fully saturated rings. The number of benzene rings is 1. The number of nitrogens with one attached hydrogen (secondary N) is 1. The fourth-order valence-corrected chi connectivity index (χ4v) is 1.14. The minimum atomic E-state index is -1.10. The fourth-order valence-electron chi connectivity index (χ4n) is 1.14. The van der Waals surface area contributed by atoms with Crippen molar-refractivity contribution >= 4 is 5.91 Å². The molecule has 4 nitrogen and oxygen atoms in total. The number of halogens is 2. The van der Waals surface area contributed by atoms with E-state index >= 15 is 0 Å². The highest BCUT2D eigenvalue weighted by atomic mass is 19.1. The quantitative estimate of drug-likeness (QED) is 0.761. The lowest BCUT2D eigenvalue weighted by molar-refractivity contribution is 0.0930. The van der Waals surface area contributed by atoms with Crippen LogP contribution in [0.15, 0.2) is 12.1 Å². The molecule has 0 atom stereocenters. The average Bonchev–Trinajstić information content (AvgIpc) is 2.16. The summed E-state index contributed by atoms with van der Waals surface area (Å²) in [7, 11) is 1.45. The predicted octanol–water partition coefficient (Wildman–Crippen LogP) is 1.05. The molecule has 1 rings (SSSR count). The molecule has 0 aromatic heterocycles. The third-order valence-electron chi connectivity index (χ3n) is 1.85. The highest BCUT2D eigenvalue weighted by Gasteiger charge is 2.17. The molecule has 0 aliphatic rings. The lowest BCUT2D eigenvalue weighted by Gasteiger charge is -2.07. The Hall–Kier alpha value is -1.69. The van der Waals surface area contributed by atoms with E-state index in [4.69, 9.17) is 0 Å². The Morgan fingerprint density at radius 2 is 2.19 bits per heavy atom. The molecule has 0 heterocycles. The third-order valence-corrected chi connectivity index (χ3v) is 1.85. The van der Waals surface area contributed by atoms with Gasteiger partial charge in [-0.2, -0.15) is 0 Å². The van der Waals surface area contributed by atoms with Gasteiger partial charge < -0.3 is 15.2 Å². The molecule has 16 heavy (non-hydrogen) atoms. The molecule has 0 radical (unpaired) electrons. The third kappa shape index (κ3) is 2.90. The van der Waals surface area contributed by atoms with Gasteiger partial charge in [0.15, 0.2) is 0 Å². The van der Waals surface area contributed by atoms with Gasteiger partial charge in [0, 0.05) is 25.8 Å². The van der Waals surface area contributed by atoms with Crippen molar-refractivity contribution < 1.29 is 23.4 Å². The van der Waals surface area contributed by atoms with Crippen LogP contribution >= 0.6 is 0 Å². The molecule has 0 aliphatic carbocycles. The SMILES string of the molecule is COCCNC(=O)c1c(O)cc(F)cc1F. The van der Waals surface area contributed by atoms with Gasteiger partial charge in [-0.3, -0.25) is 4.79 Å². The number of aromatic hydroxyl groups is 1. The van der Waals surface area contributed by atoms with Crippen LogP contribution in [0.2, 0.25) is 0 Å². The zero-order chi connectivity index (χ0) is 12.1.